The average molecular weight is 480 g/mol. The fourth-order valence-corrected chi connectivity index (χ4v) is 4.19. The van der Waals surface area contributed by atoms with Crippen LogP contribution in [0.5, 0.6) is 0 Å². The molecule has 0 radical (unpaired) electrons. The van der Waals surface area contributed by atoms with E-state index in [9.17, 15) is 18.0 Å². The molecule has 7 nitrogen and oxygen atoms in total. The lowest BCUT2D eigenvalue weighted by atomic mass is 9.96. The van der Waals surface area contributed by atoms with Gasteiger partial charge in [-0.15, -0.1) is 0 Å². The Labute approximate surface area is 199 Å². The molecule has 4 aromatic rings. The molecule has 3 heterocycles. The lowest BCUT2D eigenvalue weighted by molar-refractivity contribution is 0.0657. The van der Waals surface area contributed by atoms with Gasteiger partial charge >= 0.3 is 0 Å². The lowest BCUT2D eigenvalue weighted by Crippen LogP contribution is -2.31. The van der Waals surface area contributed by atoms with Gasteiger partial charge in [-0.3, -0.25) is 9.48 Å². The molecule has 0 saturated heterocycles. The number of hydrogen-bond donors (Lipinski definition) is 2. The van der Waals surface area contributed by atoms with Gasteiger partial charge in [0.05, 0.1) is 18.8 Å². The van der Waals surface area contributed by atoms with Crippen LogP contribution < -0.4 is 10.6 Å². The number of amides is 1. The number of alkyl halides is 2. The van der Waals surface area contributed by atoms with Crippen molar-refractivity contribution in [1.29, 1.82) is 0 Å². The number of hydrogen-bond acceptors (Lipinski definition) is 4. The van der Waals surface area contributed by atoms with E-state index < -0.39 is 18.4 Å². The first kappa shape index (κ1) is 22.7. The first-order chi connectivity index (χ1) is 16.9. The number of nitrogens with zero attached hydrogens (tertiary/aromatic N) is 4. The largest absolute Gasteiger partial charge is 0.363 e. The van der Waals surface area contributed by atoms with E-state index in [-0.39, 0.29) is 29.7 Å². The Hall–Kier alpha value is -4.08. The van der Waals surface area contributed by atoms with Crippen molar-refractivity contribution in [3.63, 3.8) is 0 Å². The fourth-order valence-electron chi connectivity index (χ4n) is 4.19. The Morgan fingerprint density at radius 2 is 1.89 bits per heavy atom. The maximum Gasteiger partial charge on any atom is 0.262 e. The van der Waals surface area contributed by atoms with Gasteiger partial charge in [0.2, 0.25) is 0 Å². The second-order valence-electron chi connectivity index (χ2n) is 8.58. The quantitative estimate of drug-likeness (QED) is 0.398. The first-order valence-electron chi connectivity index (χ1n) is 11.2. The minimum Gasteiger partial charge on any atom is -0.363 e. The van der Waals surface area contributed by atoms with Crippen LogP contribution in [-0.4, -0.2) is 31.9 Å². The molecule has 0 spiro atoms. The molecule has 180 valence electrons. The van der Waals surface area contributed by atoms with Crippen LogP contribution in [0.15, 0.2) is 67.0 Å². The van der Waals surface area contributed by atoms with Crippen molar-refractivity contribution < 1.29 is 18.0 Å². The number of rotatable bonds is 6. The third-order valence-corrected chi connectivity index (χ3v) is 6.05. The van der Waals surface area contributed by atoms with Crippen LogP contribution in [0, 0.1) is 12.7 Å². The first-order valence-corrected chi connectivity index (χ1v) is 11.2. The molecule has 1 amide bonds. The molecule has 10 heteroatoms. The van der Waals surface area contributed by atoms with Gasteiger partial charge < -0.3 is 10.6 Å². The Morgan fingerprint density at radius 1 is 1.14 bits per heavy atom. The number of anilines is 2. The Morgan fingerprint density at radius 3 is 2.60 bits per heavy atom. The normalized spacial score (nSPS) is 17.2. The maximum absolute atomic E-state index is 13.9. The Kier molecular flexibility index (Phi) is 6.02. The van der Waals surface area contributed by atoms with Crippen LogP contribution in [0.4, 0.5) is 24.8 Å². The number of halogens is 3. The highest BCUT2D eigenvalue weighted by Crippen LogP contribution is 2.39. The molecule has 0 saturated carbocycles. The number of carbonyl (C=O) groups is 1. The van der Waals surface area contributed by atoms with Crippen LogP contribution in [0.25, 0.3) is 0 Å². The van der Waals surface area contributed by atoms with Gasteiger partial charge in [-0.2, -0.15) is 10.2 Å². The summed E-state index contributed by atoms with van der Waals surface area (Å²) in [5.41, 5.74) is 2.93. The zero-order valence-corrected chi connectivity index (χ0v) is 18.8. The summed E-state index contributed by atoms with van der Waals surface area (Å²) in [4.78, 5) is 13.0. The van der Waals surface area contributed by atoms with E-state index in [0.29, 0.717) is 12.4 Å². The fraction of sp³-hybridized carbons (Fsp3) is 0.240. The van der Waals surface area contributed by atoms with Gasteiger partial charge in [0.15, 0.2) is 5.82 Å². The summed E-state index contributed by atoms with van der Waals surface area (Å²) in [5.74, 6) is -0.286. The Balaban J connectivity index is 1.35. The van der Waals surface area contributed by atoms with Gasteiger partial charge in [-0.05, 0) is 36.6 Å². The number of aryl methyl sites for hydroxylation is 1. The van der Waals surface area contributed by atoms with Gasteiger partial charge in [-0.25, -0.2) is 17.9 Å². The summed E-state index contributed by atoms with van der Waals surface area (Å²) in [6.07, 6.45) is 0.483. The molecule has 5 rings (SSSR count). The van der Waals surface area contributed by atoms with Crippen molar-refractivity contribution >= 4 is 17.5 Å². The highest BCUT2D eigenvalue weighted by molar-refractivity contribution is 6.07. The van der Waals surface area contributed by atoms with Crippen LogP contribution in [0.3, 0.4) is 0 Å². The number of aromatic nitrogens is 4. The van der Waals surface area contributed by atoms with E-state index in [2.05, 4.69) is 20.8 Å². The van der Waals surface area contributed by atoms with Crippen LogP contribution in [-0.2, 0) is 6.54 Å². The third kappa shape index (κ3) is 4.77. The van der Waals surface area contributed by atoms with Crippen molar-refractivity contribution in [3.8, 4) is 0 Å². The van der Waals surface area contributed by atoms with E-state index in [1.807, 2.05) is 31.2 Å². The highest BCUT2D eigenvalue weighted by Gasteiger charge is 2.36. The SMILES string of the molecule is Cc1ccc([C@@H]2C[C@H](C(F)F)n3ncc(C(=O)Nc4ccn(Cc5ccc(F)cc5)n4)c3N2)cc1. The predicted octanol–water partition coefficient (Wildman–Crippen LogP) is 5.19. The topological polar surface area (TPSA) is 76.8 Å². The summed E-state index contributed by atoms with van der Waals surface area (Å²) in [6.45, 7) is 2.35. The summed E-state index contributed by atoms with van der Waals surface area (Å²) >= 11 is 0. The standard InChI is InChI=1S/C25H23F3N6O/c1-15-2-6-17(7-3-15)20-12-21(23(27)28)34-24(30-20)19(13-29-34)25(35)31-22-10-11-33(32-22)14-16-4-8-18(26)9-5-16/h2-11,13,20-21,23,30H,12,14H2,1H3,(H,31,32,35)/t20-,21+/m0/s1. The van der Waals surface area contributed by atoms with Crippen molar-refractivity contribution in [2.24, 2.45) is 0 Å². The molecule has 35 heavy (non-hydrogen) atoms. The molecule has 1 aliphatic rings. The highest BCUT2D eigenvalue weighted by atomic mass is 19.3. The molecular formula is C25H23F3N6O. The lowest BCUT2D eigenvalue weighted by Gasteiger charge is -2.32. The number of nitrogens with one attached hydrogen (secondary N) is 2. The molecule has 2 atom stereocenters. The Bertz CT molecular complexity index is 1330. The number of carbonyl (C=O) groups excluding carboxylic acids is 1. The van der Waals surface area contributed by atoms with Gasteiger partial charge in [0.25, 0.3) is 12.3 Å². The molecule has 0 aliphatic carbocycles. The minimum atomic E-state index is -2.64. The van der Waals surface area contributed by atoms with Gasteiger partial charge in [-0.1, -0.05) is 42.0 Å². The van der Waals surface area contributed by atoms with Crippen LogP contribution in [0.2, 0.25) is 0 Å². The number of fused-ring (bicyclic) bond motifs is 1. The predicted molar refractivity (Wildman–Crippen MR) is 125 cm³/mol. The molecule has 0 unspecified atom stereocenters. The summed E-state index contributed by atoms with van der Waals surface area (Å²) in [7, 11) is 0. The van der Waals surface area contributed by atoms with Crippen molar-refractivity contribution in [2.75, 3.05) is 10.6 Å². The van der Waals surface area contributed by atoms with E-state index in [4.69, 9.17) is 0 Å². The second-order valence-corrected chi connectivity index (χ2v) is 8.58. The van der Waals surface area contributed by atoms with E-state index in [0.717, 1.165) is 16.7 Å². The van der Waals surface area contributed by atoms with Gasteiger partial charge in [0, 0.05) is 12.3 Å². The minimum absolute atomic E-state index is 0.143. The van der Waals surface area contributed by atoms with E-state index >= 15 is 0 Å². The summed E-state index contributed by atoms with van der Waals surface area (Å²) in [5, 5.41) is 14.3. The van der Waals surface area contributed by atoms with E-state index in [1.54, 1.807) is 29.1 Å². The van der Waals surface area contributed by atoms with Crippen LogP contribution >= 0.6 is 0 Å². The molecule has 1 aliphatic heterocycles. The maximum atomic E-state index is 13.9. The molecule has 2 aromatic carbocycles. The molecule has 2 N–H and O–H groups in total. The van der Waals surface area contributed by atoms with Crippen molar-refractivity contribution in [1.82, 2.24) is 19.6 Å². The van der Waals surface area contributed by atoms with Gasteiger partial charge in [0.1, 0.15) is 23.2 Å². The van der Waals surface area contributed by atoms with E-state index in [1.165, 1.54) is 23.0 Å². The molecule has 0 fully saturated rings. The van der Waals surface area contributed by atoms with Crippen molar-refractivity contribution in [3.05, 3.63) is 95.1 Å². The molecule has 2 aromatic heterocycles. The smallest absolute Gasteiger partial charge is 0.262 e. The zero-order chi connectivity index (χ0) is 24.5. The number of benzene rings is 2. The van der Waals surface area contributed by atoms with Crippen molar-refractivity contribution in [2.45, 2.75) is 38.4 Å². The molecular weight excluding hydrogens is 457 g/mol. The summed E-state index contributed by atoms with van der Waals surface area (Å²) < 4.78 is 43.7. The monoisotopic (exact) mass is 480 g/mol. The molecule has 0 bridgehead atoms. The van der Waals surface area contributed by atoms with Crippen LogP contribution in [0.1, 0.15) is 45.6 Å². The third-order valence-electron chi connectivity index (χ3n) is 6.05. The zero-order valence-electron chi connectivity index (χ0n) is 18.8. The summed E-state index contributed by atoms with van der Waals surface area (Å²) in [6, 6.07) is 13.8. The average Bonchev–Trinajstić information content (AvgIpc) is 3.47. The second kappa shape index (κ2) is 9.28.